The van der Waals surface area contributed by atoms with E-state index < -0.39 is 26.4 Å². The molecule has 1 aliphatic heterocycles. The van der Waals surface area contributed by atoms with E-state index in [0.717, 1.165) is 18.9 Å². The molecule has 1 fully saturated rings. The SMILES string of the molecule is NS(=O)(=O)c1cc(C(=O)O)cc(N2CCCC2)c1Oc1ccccc1.O=S(=O)(O)O. The summed E-state index contributed by atoms with van der Waals surface area (Å²) >= 11 is 0. The van der Waals surface area contributed by atoms with Crippen molar-refractivity contribution in [3.05, 3.63) is 48.0 Å². The van der Waals surface area contributed by atoms with Gasteiger partial charge in [0.05, 0.1) is 11.3 Å². The smallest absolute Gasteiger partial charge is 0.394 e. The summed E-state index contributed by atoms with van der Waals surface area (Å²) in [7, 11) is -8.84. The molecule has 2 aromatic carbocycles. The predicted octanol–water partition coefficient (Wildman–Crippen LogP) is 1.77. The molecule has 0 spiro atoms. The van der Waals surface area contributed by atoms with Crippen LogP contribution >= 0.6 is 0 Å². The van der Waals surface area contributed by atoms with Crippen molar-refractivity contribution in [1.29, 1.82) is 0 Å². The van der Waals surface area contributed by atoms with E-state index in [1.165, 1.54) is 6.07 Å². The van der Waals surface area contributed by atoms with Gasteiger partial charge in [-0.3, -0.25) is 9.11 Å². The molecule has 1 saturated heterocycles. The fraction of sp³-hybridized carbons (Fsp3) is 0.235. The van der Waals surface area contributed by atoms with Crippen molar-refractivity contribution in [3.63, 3.8) is 0 Å². The van der Waals surface area contributed by atoms with Crippen molar-refractivity contribution in [3.8, 4) is 11.5 Å². The second kappa shape index (κ2) is 9.40. The van der Waals surface area contributed by atoms with Gasteiger partial charge in [0.25, 0.3) is 0 Å². The molecule has 0 aliphatic carbocycles. The van der Waals surface area contributed by atoms with E-state index in [1.54, 1.807) is 24.3 Å². The Balaban J connectivity index is 0.000000575. The quantitative estimate of drug-likeness (QED) is 0.479. The number of rotatable bonds is 5. The lowest BCUT2D eigenvalue weighted by Gasteiger charge is -2.23. The number of nitrogens with two attached hydrogens (primary N) is 1. The van der Waals surface area contributed by atoms with E-state index in [9.17, 15) is 18.3 Å². The fourth-order valence-electron chi connectivity index (χ4n) is 2.82. The molecule has 5 N–H and O–H groups in total. The third kappa shape index (κ3) is 6.96. The van der Waals surface area contributed by atoms with Crippen LogP contribution < -0.4 is 14.8 Å². The van der Waals surface area contributed by atoms with E-state index in [2.05, 4.69) is 0 Å². The zero-order valence-corrected chi connectivity index (χ0v) is 17.1. The lowest BCUT2D eigenvalue weighted by atomic mass is 10.1. The van der Waals surface area contributed by atoms with E-state index in [-0.39, 0.29) is 16.2 Å². The molecule has 0 aromatic heterocycles. The largest absolute Gasteiger partial charge is 0.478 e. The van der Waals surface area contributed by atoms with Crippen LogP contribution in [-0.2, 0) is 20.4 Å². The molecule has 0 amide bonds. The van der Waals surface area contributed by atoms with Crippen molar-refractivity contribution in [1.82, 2.24) is 0 Å². The topological polar surface area (TPSA) is 185 Å². The van der Waals surface area contributed by atoms with E-state index in [1.807, 2.05) is 11.0 Å². The summed E-state index contributed by atoms with van der Waals surface area (Å²) < 4.78 is 61.5. The molecule has 164 valence electrons. The Kier molecular flexibility index (Phi) is 7.39. The Morgan fingerprint density at radius 2 is 1.53 bits per heavy atom. The lowest BCUT2D eigenvalue weighted by molar-refractivity contribution is 0.0696. The third-order valence-corrected chi connectivity index (χ3v) is 4.91. The standard InChI is InChI=1S/C17H18N2O5S.H2O4S/c18-25(22,23)15-11-12(17(20)21)10-14(19-8-4-5-9-19)16(15)24-13-6-2-1-3-7-13;1-5(2,3)4/h1-3,6-7,10-11H,4-5,8-9H2,(H,20,21)(H2,18,22,23);(H2,1,2,3,4). The highest BCUT2D eigenvalue weighted by atomic mass is 32.3. The van der Waals surface area contributed by atoms with Crippen LogP contribution in [0.5, 0.6) is 11.5 Å². The first-order valence-corrected chi connectivity index (χ1v) is 11.4. The van der Waals surface area contributed by atoms with Crippen molar-refractivity contribution in [2.45, 2.75) is 17.7 Å². The van der Waals surface area contributed by atoms with E-state index in [0.29, 0.717) is 24.5 Å². The number of aromatic carboxylic acids is 1. The molecule has 2 aromatic rings. The van der Waals surface area contributed by atoms with E-state index >= 15 is 0 Å². The van der Waals surface area contributed by atoms with Gasteiger partial charge in [-0.2, -0.15) is 8.42 Å². The fourth-order valence-corrected chi connectivity index (χ4v) is 3.52. The molecule has 1 heterocycles. The molecular weight excluding hydrogens is 440 g/mol. The van der Waals surface area contributed by atoms with Gasteiger partial charge in [0.1, 0.15) is 10.6 Å². The Hall–Kier alpha value is -2.71. The number of carboxylic acids is 1. The Bertz CT molecular complexity index is 1100. The van der Waals surface area contributed by atoms with Gasteiger partial charge in [0.2, 0.25) is 10.0 Å². The highest BCUT2D eigenvalue weighted by Gasteiger charge is 2.27. The normalized spacial score (nSPS) is 14.0. The highest BCUT2D eigenvalue weighted by molar-refractivity contribution is 7.89. The number of ether oxygens (including phenoxy) is 1. The third-order valence-electron chi connectivity index (χ3n) is 4.00. The van der Waals surface area contributed by atoms with Gasteiger partial charge in [-0.05, 0) is 37.1 Å². The lowest BCUT2D eigenvalue weighted by Crippen LogP contribution is -2.21. The van der Waals surface area contributed by atoms with Crippen LogP contribution in [0.15, 0.2) is 47.4 Å². The van der Waals surface area contributed by atoms with Crippen LogP contribution in [0.1, 0.15) is 23.2 Å². The Morgan fingerprint density at radius 1 is 1.00 bits per heavy atom. The summed E-state index contributed by atoms with van der Waals surface area (Å²) in [6.45, 7) is 1.39. The number of hydrogen-bond donors (Lipinski definition) is 4. The van der Waals surface area contributed by atoms with Gasteiger partial charge >= 0.3 is 16.4 Å². The van der Waals surface area contributed by atoms with Crippen molar-refractivity contribution in [2.24, 2.45) is 5.14 Å². The van der Waals surface area contributed by atoms with Crippen LogP contribution in [0.25, 0.3) is 0 Å². The summed E-state index contributed by atoms with van der Waals surface area (Å²) in [6.07, 6.45) is 1.87. The molecular formula is C17H20N2O9S2. The van der Waals surface area contributed by atoms with Crippen LogP contribution in [0.3, 0.4) is 0 Å². The minimum absolute atomic E-state index is 0.0561. The zero-order chi connectivity index (χ0) is 22.5. The number of anilines is 1. The predicted molar refractivity (Wildman–Crippen MR) is 107 cm³/mol. The second-order valence-electron chi connectivity index (χ2n) is 6.23. The van der Waals surface area contributed by atoms with Gasteiger partial charge in [0, 0.05) is 13.1 Å². The minimum Gasteiger partial charge on any atom is -0.478 e. The van der Waals surface area contributed by atoms with Crippen LogP contribution in [0.2, 0.25) is 0 Å². The molecule has 3 rings (SSSR count). The second-order valence-corrected chi connectivity index (χ2v) is 8.66. The molecule has 0 unspecified atom stereocenters. The molecule has 11 nitrogen and oxygen atoms in total. The number of benzene rings is 2. The van der Waals surface area contributed by atoms with E-state index in [4.69, 9.17) is 27.4 Å². The molecule has 0 saturated carbocycles. The molecule has 0 bridgehead atoms. The Morgan fingerprint density at radius 3 is 2.00 bits per heavy atom. The summed E-state index contributed by atoms with van der Waals surface area (Å²) in [5, 5.41) is 14.7. The van der Waals surface area contributed by atoms with Crippen molar-refractivity contribution < 1.29 is 40.6 Å². The average Bonchev–Trinajstić information content (AvgIpc) is 3.14. The van der Waals surface area contributed by atoms with Crippen LogP contribution in [0, 0.1) is 0 Å². The number of sulfonamides is 1. The number of hydrogen-bond acceptors (Lipinski definition) is 7. The van der Waals surface area contributed by atoms with Crippen molar-refractivity contribution in [2.75, 3.05) is 18.0 Å². The van der Waals surface area contributed by atoms with Crippen molar-refractivity contribution >= 4 is 32.1 Å². The number of nitrogens with zero attached hydrogens (tertiary/aromatic N) is 1. The molecule has 0 atom stereocenters. The maximum Gasteiger partial charge on any atom is 0.394 e. The summed E-state index contributed by atoms with van der Waals surface area (Å²) in [6, 6.07) is 11.2. The van der Waals surface area contributed by atoms with Gasteiger partial charge in [-0.1, -0.05) is 18.2 Å². The molecule has 1 aliphatic rings. The molecule has 13 heteroatoms. The number of carboxylic acid groups (broad SMARTS) is 1. The van der Waals surface area contributed by atoms with Gasteiger partial charge in [0.15, 0.2) is 5.75 Å². The monoisotopic (exact) mass is 460 g/mol. The highest BCUT2D eigenvalue weighted by Crippen LogP contribution is 2.40. The van der Waals surface area contributed by atoms with Gasteiger partial charge < -0.3 is 14.7 Å². The Labute approximate surface area is 173 Å². The average molecular weight is 460 g/mol. The molecule has 30 heavy (non-hydrogen) atoms. The molecule has 0 radical (unpaired) electrons. The number of para-hydroxylation sites is 1. The summed E-state index contributed by atoms with van der Waals surface area (Å²) in [5.74, 6) is -0.729. The van der Waals surface area contributed by atoms with Crippen LogP contribution in [-0.4, -0.2) is 50.1 Å². The first kappa shape index (κ1) is 23.6. The summed E-state index contributed by atoms with van der Waals surface area (Å²) in [4.78, 5) is 13.0. The maximum atomic E-state index is 12.1. The van der Waals surface area contributed by atoms with Gasteiger partial charge in [-0.15, -0.1) is 0 Å². The first-order valence-electron chi connectivity index (χ1n) is 8.48. The van der Waals surface area contributed by atoms with Crippen LogP contribution in [0.4, 0.5) is 5.69 Å². The number of carbonyl (C=O) groups is 1. The summed E-state index contributed by atoms with van der Waals surface area (Å²) in [5.41, 5.74) is 0.275. The van der Waals surface area contributed by atoms with Gasteiger partial charge in [-0.25, -0.2) is 18.4 Å². The minimum atomic E-state index is -4.67. The number of primary sulfonamides is 1. The first-order chi connectivity index (χ1) is 13.9. The maximum absolute atomic E-state index is 12.1. The zero-order valence-electron chi connectivity index (χ0n) is 15.5.